The van der Waals surface area contributed by atoms with E-state index in [9.17, 15) is 14.7 Å². The first-order chi connectivity index (χ1) is 10.4. The van der Waals surface area contributed by atoms with Gasteiger partial charge in [0, 0.05) is 17.6 Å². The van der Waals surface area contributed by atoms with E-state index in [1.165, 1.54) is 0 Å². The molecule has 0 heterocycles. The monoisotopic (exact) mass is 302 g/mol. The van der Waals surface area contributed by atoms with Gasteiger partial charge in [-0.1, -0.05) is 11.1 Å². The molecule has 1 N–H and O–H groups in total. The topological polar surface area (TPSA) is 78.5 Å². The fourth-order valence-electron chi connectivity index (χ4n) is 2.73. The molecular formula is C17H20NO4-. The average Bonchev–Trinajstić information content (AvgIpc) is 2.50. The molecule has 0 spiro atoms. The second-order valence-electron chi connectivity index (χ2n) is 5.72. The van der Waals surface area contributed by atoms with E-state index in [0.29, 0.717) is 24.3 Å². The maximum absolute atomic E-state index is 12.4. The Balaban J connectivity index is 2.14. The summed E-state index contributed by atoms with van der Waals surface area (Å²) in [6.45, 7) is 3.84. The van der Waals surface area contributed by atoms with Crippen LogP contribution in [-0.4, -0.2) is 19.0 Å². The zero-order valence-electron chi connectivity index (χ0n) is 13.0. The van der Waals surface area contributed by atoms with E-state index in [1.54, 1.807) is 31.4 Å². The Morgan fingerprint density at radius 1 is 1.09 bits per heavy atom. The van der Waals surface area contributed by atoms with Gasteiger partial charge >= 0.3 is 0 Å². The Kier molecular flexibility index (Phi) is 4.85. The van der Waals surface area contributed by atoms with E-state index in [1.807, 2.05) is 13.8 Å². The first kappa shape index (κ1) is 16.1. The highest BCUT2D eigenvalue weighted by Gasteiger charge is 2.33. The van der Waals surface area contributed by atoms with Gasteiger partial charge in [0.1, 0.15) is 5.75 Å². The van der Waals surface area contributed by atoms with Gasteiger partial charge in [0.15, 0.2) is 0 Å². The maximum Gasteiger partial charge on any atom is 0.228 e. The predicted molar refractivity (Wildman–Crippen MR) is 81.2 cm³/mol. The normalized spacial score (nSPS) is 21.4. The largest absolute Gasteiger partial charge is 0.550 e. The van der Waals surface area contributed by atoms with Gasteiger partial charge in [-0.2, -0.15) is 0 Å². The summed E-state index contributed by atoms with van der Waals surface area (Å²) in [5.41, 5.74) is 2.72. The van der Waals surface area contributed by atoms with Gasteiger partial charge in [0.2, 0.25) is 5.91 Å². The molecule has 1 aliphatic rings. The molecule has 0 fully saturated rings. The Morgan fingerprint density at radius 3 is 2.14 bits per heavy atom. The Labute approximate surface area is 130 Å². The van der Waals surface area contributed by atoms with Crippen LogP contribution in [0.4, 0.5) is 5.69 Å². The van der Waals surface area contributed by atoms with Crippen LogP contribution in [0, 0.1) is 11.8 Å². The molecule has 0 saturated heterocycles. The van der Waals surface area contributed by atoms with Crippen molar-refractivity contribution >= 4 is 17.6 Å². The van der Waals surface area contributed by atoms with Crippen molar-refractivity contribution in [2.75, 3.05) is 12.4 Å². The first-order valence-corrected chi connectivity index (χ1v) is 7.23. The third kappa shape index (κ3) is 3.47. The number of carboxylic acids is 1. The molecule has 0 aliphatic heterocycles. The summed E-state index contributed by atoms with van der Waals surface area (Å²) in [4.78, 5) is 23.8. The number of hydrogen-bond acceptors (Lipinski definition) is 4. The van der Waals surface area contributed by atoms with E-state index in [2.05, 4.69) is 5.32 Å². The molecule has 1 aromatic rings. The van der Waals surface area contributed by atoms with Gasteiger partial charge in [-0.3, -0.25) is 4.79 Å². The molecule has 5 heteroatoms. The molecule has 1 aliphatic carbocycles. The van der Waals surface area contributed by atoms with Crippen LogP contribution in [0.1, 0.15) is 26.7 Å². The molecule has 118 valence electrons. The van der Waals surface area contributed by atoms with Crippen LogP contribution in [0.25, 0.3) is 0 Å². The van der Waals surface area contributed by atoms with E-state index >= 15 is 0 Å². The highest BCUT2D eigenvalue weighted by Crippen LogP contribution is 2.34. The van der Waals surface area contributed by atoms with Gasteiger partial charge in [0.25, 0.3) is 0 Å². The number of benzene rings is 1. The summed E-state index contributed by atoms with van der Waals surface area (Å²) in [5.74, 6) is -2.14. The van der Waals surface area contributed by atoms with Crippen LogP contribution in [0.3, 0.4) is 0 Å². The molecule has 0 unspecified atom stereocenters. The summed E-state index contributed by atoms with van der Waals surface area (Å²) in [6.07, 6.45) is 0.821. The minimum atomic E-state index is -1.17. The zero-order valence-corrected chi connectivity index (χ0v) is 13.0. The minimum absolute atomic E-state index is 0.286. The van der Waals surface area contributed by atoms with Crippen LogP contribution in [0.5, 0.6) is 5.75 Å². The Bertz CT molecular complexity index is 604. The molecule has 1 amide bonds. The van der Waals surface area contributed by atoms with Crippen LogP contribution < -0.4 is 15.2 Å². The molecule has 0 radical (unpaired) electrons. The smallest absolute Gasteiger partial charge is 0.228 e. The minimum Gasteiger partial charge on any atom is -0.550 e. The molecule has 0 saturated carbocycles. The summed E-state index contributed by atoms with van der Waals surface area (Å²) in [5, 5.41) is 14.1. The van der Waals surface area contributed by atoms with Crippen LogP contribution in [0.15, 0.2) is 35.4 Å². The predicted octanol–water partition coefficient (Wildman–Crippen LogP) is 1.75. The van der Waals surface area contributed by atoms with Gasteiger partial charge in [0.05, 0.1) is 13.0 Å². The van der Waals surface area contributed by atoms with E-state index in [4.69, 9.17) is 4.74 Å². The number of aliphatic carboxylic acids is 1. The van der Waals surface area contributed by atoms with Crippen molar-refractivity contribution in [1.82, 2.24) is 0 Å². The quantitative estimate of drug-likeness (QED) is 0.859. The van der Waals surface area contributed by atoms with Crippen LogP contribution in [0.2, 0.25) is 0 Å². The molecular weight excluding hydrogens is 282 g/mol. The van der Waals surface area contributed by atoms with Gasteiger partial charge < -0.3 is 20.0 Å². The van der Waals surface area contributed by atoms with Crippen molar-refractivity contribution in [2.45, 2.75) is 26.7 Å². The number of carbonyl (C=O) groups is 2. The molecule has 2 rings (SSSR count). The first-order valence-electron chi connectivity index (χ1n) is 7.23. The molecule has 2 atom stereocenters. The van der Waals surface area contributed by atoms with Crippen LogP contribution >= 0.6 is 0 Å². The molecule has 0 bridgehead atoms. The van der Waals surface area contributed by atoms with E-state index in [0.717, 1.165) is 11.1 Å². The SMILES string of the molecule is COc1ccc(NC(=O)[C@@H]2CC(C)=C(C)C[C@H]2C(=O)[O-])cc1. The summed E-state index contributed by atoms with van der Waals surface area (Å²) < 4.78 is 5.06. The fraction of sp³-hybridized carbons (Fsp3) is 0.412. The van der Waals surface area contributed by atoms with Gasteiger partial charge in [-0.05, 0) is 51.0 Å². The number of allylic oxidation sites excluding steroid dienone is 2. The number of methoxy groups -OCH3 is 1. The number of hydrogen-bond donors (Lipinski definition) is 1. The Hall–Kier alpha value is -2.30. The van der Waals surface area contributed by atoms with Gasteiger partial charge in [-0.15, -0.1) is 0 Å². The lowest BCUT2D eigenvalue weighted by Crippen LogP contribution is -2.42. The molecule has 0 aromatic heterocycles. The second kappa shape index (κ2) is 6.64. The number of rotatable bonds is 4. The lowest BCUT2D eigenvalue weighted by Gasteiger charge is -2.32. The van der Waals surface area contributed by atoms with Crippen molar-refractivity contribution in [3.63, 3.8) is 0 Å². The highest BCUT2D eigenvalue weighted by atomic mass is 16.5. The van der Waals surface area contributed by atoms with Crippen molar-refractivity contribution in [3.8, 4) is 5.75 Å². The third-order valence-corrected chi connectivity index (χ3v) is 4.26. The third-order valence-electron chi connectivity index (χ3n) is 4.26. The second-order valence-corrected chi connectivity index (χ2v) is 5.72. The van der Waals surface area contributed by atoms with Gasteiger partial charge in [-0.25, -0.2) is 0 Å². The maximum atomic E-state index is 12.4. The summed E-state index contributed by atoms with van der Waals surface area (Å²) >= 11 is 0. The number of amides is 1. The van der Waals surface area contributed by atoms with E-state index < -0.39 is 17.8 Å². The number of nitrogens with one attached hydrogen (secondary N) is 1. The molecule has 22 heavy (non-hydrogen) atoms. The number of carbonyl (C=O) groups excluding carboxylic acids is 2. The lowest BCUT2D eigenvalue weighted by molar-refractivity contribution is -0.313. The summed E-state index contributed by atoms with van der Waals surface area (Å²) in [7, 11) is 1.57. The molecule has 5 nitrogen and oxygen atoms in total. The number of anilines is 1. The highest BCUT2D eigenvalue weighted by molar-refractivity contribution is 5.95. The van der Waals surface area contributed by atoms with Crippen molar-refractivity contribution in [2.24, 2.45) is 11.8 Å². The number of ether oxygens (including phenoxy) is 1. The fourth-order valence-corrected chi connectivity index (χ4v) is 2.73. The zero-order chi connectivity index (χ0) is 16.3. The van der Waals surface area contributed by atoms with Crippen molar-refractivity contribution in [1.29, 1.82) is 0 Å². The van der Waals surface area contributed by atoms with Crippen molar-refractivity contribution < 1.29 is 19.4 Å². The van der Waals surface area contributed by atoms with Crippen LogP contribution in [-0.2, 0) is 9.59 Å². The standard InChI is InChI=1S/C17H21NO4/c1-10-8-14(15(17(20)21)9-11(10)2)16(19)18-12-4-6-13(22-3)7-5-12/h4-7,14-15H,8-9H2,1-3H3,(H,18,19)(H,20,21)/p-1/t14-,15-/m1/s1. The van der Waals surface area contributed by atoms with E-state index in [-0.39, 0.29) is 5.91 Å². The van der Waals surface area contributed by atoms with Crippen molar-refractivity contribution in [3.05, 3.63) is 35.4 Å². The number of carboxylic acid groups (broad SMARTS) is 1. The Morgan fingerprint density at radius 2 is 1.64 bits per heavy atom. The lowest BCUT2D eigenvalue weighted by atomic mass is 9.76. The average molecular weight is 302 g/mol. The summed E-state index contributed by atoms with van der Waals surface area (Å²) in [6, 6.07) is 6.92. The molecule has 1 aromatic carbocycles.